The van der Waals surface area contributed by atoms with Crippen LogP contribution in [0.2, 0.25) is 0 Å². The quantitative estimate of drug-likeness (QED) is 0.663. The lowest BCUT2D eigenvalue weighted by atomic mass is 10.0. The predicted octanol–water partition coefficient (Wildman–Crippen LogP) is 0.635. The first kappa shape index (κ1) is 13.4. The fourth-order valence-electron chi connectivity index (χ4n) is 0.930. The van der Waals surface area contributed by atoms with Crippen LogP contribution in [0, 0.1) is 5.92 Å². The molecule has 0 aromatic rings. The van der Waals surface area contributed by atoms with Gasteiger partial charge in [0.2, 0.25) is 0 Å². The van der Waals surface area contributed by atoms with Crippen LogP contribution < -0.4 is 5.32 Å². The fourth-order valence-corrected chi connectivity index (χ4v) is 0.930. The Morgan fingerprint density at radius 2 is 1.86 bits per heavy atom. The zero-order valence-corrected chi connectivity index (χ0v) is 9.74. The van der Waals surface area contributed by atoms with Gasteiger partial charge >= 0.3 is 5.97 Å². The van der Waals surface area contributed by atoms with Crippen molar-refractivity contribution in [2.45, 2.75) is 32.9 Å². The third-order valence-corrected chi connectivity index (χ3v) is 2.76. The van der Waals surface area contributed by atoms with Gasteiger partial charge in [-0.15, -0.1) is 0 Å². The zero-order chi connectivity index (χ0) is 11.3. The first-order chi connectivity index (χ1) is 6.36. The molecule has 14 heavy (non-hydrogen) atoms. The molecule has 2 N–H and O–H groups in total. The van der Waals surface area contributed by atoms with Gasteiger partial charge in [-0.2, -0.15) is 0 Å². The first-order valence-electron chi connectivity index (χ1n) is 4.98. The molecule has 0 radical (unpaired) electrons. The molecule has 3 unspecified atom stereocenters. The number of likely N-dealkylation sites (N-methyl/N-ethyl adjacent to an activating group) is 1. The average molecular weight is 202 g/mol. The second kappa shape index (κ2) is 5.98. The van der Waals surface area contributed by atoms with E-state index in [2.05, 4.69) is 17.1 Å². The van der Waals surface area contributed by atoms with Crippen molar-refractivity contribution < 1.29 is 9.90 Å². The van der Waals surface area contributed by atoms with E-state index in [4.69, 9.17) is 5.11 Å². The lowest BCUT2D eigenvalue weighted by Crippen LogP contribution is -2.43. The van der Waals surface area contributed by atoms with E-state index in [9.17, 15) is 4.79 Å². The van der Waals surface area contributed by atoms with E-state index in [0.29, 0.717) is 6.04 Å². The van der Waals surface area contributed by atoms with Gasteiger partial charge < -0.3 is 15.3 Å². The second-order valence-electron chi connectivity index (χ2n) is 4.14. The minimum absolute atomic E-state index is 0.00917. The van der Waals surface area contributed by atoms with Crippen molar-refractivity contribution in [2.24, 2.45) is 5.92 Å². The third-order valence-electron chi connectivity index (χ3n) is 2.76. The molecule has 0 fully saturated rings. The van der Waals surface area contributed by atoms with Gasteiger partial charge in [-0.3, -0.25) is 4.79 Å². The van der Waals surface area contributed by atoms with Crippen molar-refractivity contribution in [3.63, 3.8) is 0 Å². The third kappa shape index (κ3) is 4.58. The molecule has 0 aliphatic carbocycles. The van der Waals surface area contributed by atoms with Crippen molar-refractivity contribution in [3.8, 4) is 0 Å². The van der Waals surface area contributed by atoms with Gasteiger partial charge in [-0.25, -0.2) is 0 Å². The van der Waals surface area contributed by atoms with Gasteiger partial charge in [0.1, 0.15) is 0 Å². The van der Waals surface area contributed by atoms with Gasteiger partial charge in [0.15, 0.2) is 0 Å². The molecule has 0 aromatic carbocycles. The summed E-state index contributed by atoms with van der Waals surface area (Å²) in [6.07, 6.45) is 0. The Kier molecular flexibility index (Phi) is 5.72. The number of aliphatic carboxylic acids is 1. The molecular weight excluding hydrogens is 180 g/mol. The van der Waals surface area contributed by atoms with Crippen molar-refractivity contribution >= 4 is 5.97 Å². The summed E-state index contributed by atoms with van der Waals surface area (Å²) >= 11 is 0. The number of nitrogens with one attached hydrogen (secondary N) is 1. The molecular formula is C10H22N2O2. The first-order valence-corrected chi connectivity index (χ1v) is 4.98. The molecule has 0 aliphatic rings. The van der Waals surface area contributed by atoms with E-state index in [1.807, 2.05) is 21.0 Å². The van der Waals surface area contributed by atoms with Crippen LogP contribution in [0.4, 0.5) is 0 Å². The number of carboxylic acid groups (broad SMARTS) is 1. The number of carbonyl (C=O) groups is 1. The summed E-state index contributed by atoms with van der Waals surface area (Å²) in [7, 11) is 4.02. The molecule has 3 atom stereocenters. The number of rotatable bonds is 6. The standard InChI is InChI=1S/C10H22N2O2/c1-7(12(4)5)6-11-9(3)8(2)10(13)14/h7-9,11H,6H2,1-5H3,(H,13,14). The summed E-state index contributed by atoms with van der Waals surface area (Å²) < 4.78 is 0. The molecule has 4 nitrogen and oxygen atoms in total. The lowest BCUT2D eigenvalue weighted by molar-refractivity contribution is -0.141. The highest BCUT2D eigenvalue weighted by atomic mass is 16.4. The summed E-state index contributed by atoms with van der Waals surface area (Å²) in [5.41, 5.74) is 0. The molecule has 84 valence electrons. The van der Waals surface area contributed by atoms with Gasteiger partial charge in [-0.1, -0.05) is 6.92 Å². The van der Waals surface area contributed by atoms with E-state index < -0.39 is 5.97 Å². The normalized spacial score (nSPS) is 17.9. The Morgan fingerprint density at radius 1 is 1.36 bits per heavy atom. The highest BCUT2D eigenvalue weighted by Gasteiger charge is 2.19. The topological polar surface area (TPSA) is 52.6 Å². The minimum atomic E-state index is -0.748. The molecule has 0 rings (SSSR count). The Bertz CT molecular complexity index is 183. The van der Waals surface area contributed by atoms with Gasteiger partial charge in [0.05, 0.1) is 5.92 Å². The van der Waals surface area contributed by atoms with E-state index >= 15 is 0 Å². The zero-order valence-electron chi connectivity index (χ0n) is 9.74. The summed E-state index contributed by atoms with van der Waals surface area (Å²) in [6, 6.07) is 0.424. The van der Waals surface area contributed by atoms with Crippen LogP contribution in [0.5, 0.6) is 0 Å². The van der Waals surface area contributed by atoms with Crippen molar-refractivity contribution in [2.75, 3.05) is 20.6 Å². The minimum Gasteiger partial charge on any atom is -0.481 e. The van der Waals surface area contributed by atoms with Crippen LogP contribution >= 0.6 is 0 Å². The smallest absolute Gasteiger partial charge is 0.307 e. The average Bonchev–Trinajstić information content (AvgIpc) is 2.11. The number of nitrogens with zero attached hydrogens (tertiary/aromatic N) is 1. The number of carboxylic acids is 1. The van der Waals surface area contributed by atoms with Crippen LogP contribution in [0.25, 0.3) is 0 Å². The van der Waals surface area contributed by atoms with Gasteiger partial charge in [0.25, 0.3) is 0 Å². The molecule has 0 heterocycles. The van der Waals surface area contributed by atoms with Crippen LogP contribution in [0.15, 0.2) is 0 Å². The van der Waals surface area contributed by atoms with E-state index in [1.54, 1.807) is 6.92 Å². The van der Waals surface area contributed by atoms with Crippen LogP contribution in [0.3, 0.4) is 0 Å². The van der Waals surface area contributed by atoms with Crippen molar-refractivity contribution in [3.05, 3.63) is 0 Å². The Hall–Kier alpha value is -0.610. The number of hydrogen-bond donors (Lipinski definition) is 2. The molecule has 0 aliphatic heterocycles. The van der Waals surface area contributed by atoms with Crippen molar-refractivity contribution in [1.82, 2.24) is 10.2 Å². The number of hydrogen-bond acceptors (Lipinski definition) is 3. The maximum absolute atomic E-state index is 10.7. The SMILES string of the molecule is CC(NCC(C)N(C)C)C(C)C(=O)O. The highest BCUT2D eigenvalue weighted by Crippen LogP contribution is 2.02. The Morgan fingerprint density at radius 3 is 2.21 bits per heavy atom. The largest absolute Gasteiger partial charge is 0.481 e. The van der Waals surface area contributed by atoms with E-state index in [0.717, 1.165) is 6.54 Å². The van der Waals surface area contributed by atoms with Gasteiger partial charge in [0, 0.05) is 18.6 Å². The summed E-state index contributed by atoms with van der Waals surface area (Å²) in [4.78, 5) is 12.8. The summed E-state index contributed by atoms with van der Waals surface area (Å²) in [5, 5.41) is 12.0. The molecule has 0 aromatic heterocycles. The molecule has 0 spiro atoms. The summed E-state index contributed by atoms with van der Waals surface area (Å²) in [5.74, 6) is -1.09. The van der Waals surface area contributed by atoms with Gasteiger partial charge in [-0.05, 0) is 27.9 Å². The highest BCUT2D eigenvalue weighted by molar-refractivity contribution is 5.70. The Balaban J connectivity index is 3.84. The van der Waals surface area contributed by atoms with Crippen LogP contribution in [0.1, 0.15) is 20.8 Å². The Labute approximate surface area is 86.3 Å². The lowest BCUT2D eigenvalue weighted by Gasteiger charge is -2.24. The summed E-state index contributed by atoms with van der Waals surface area (Å²) in [6.45, 7) is 6.54. The maximum atomic E-state index is 10.7. The molecule has 0 bridgehead atoms. The van der Waals surface area contributed by atoms with E-state index in [1.165, 1.54) is 0 Å². The monoisotopic (exact) mass is 202 g/mol. The van der Waals surface area contributed by atoms with E-state index in [-0.39, 0.29) is 12.0 Å². The fraction of sp³-hybridized carbons (Fsp3) is 0.900. The molecule has 0 amide bonds. The van der Waals surface area contributed by atoms with Crippen molar-refractivity contribution in [1.29, 1.82) is 0 Å². The second-order valence-corrected chi connectivity index (χ2v) is 4.14. The molecule has 0 saturated heterocycles. The van der Waals surface area contributed by atoms with Crippen LogP contribution in [-0.4, -0.2) is 48.7 Å². The molecule has 0 saturated carbocycles. The predicted molar refractivity (Wildman–Crippen MR) is 57.4 cm³/mol. The van der Waals surface area contributed by atoms with Crippen LogP contribution in [-0.2, 0) is 4.79 Å². The molecule has 4 heteroatoms. The maximum Gasteiger partial charge on any atom is 0.307 e.